The standard InChI is InChI=1S/C23H25N3O2/c1-25(2)22(27)20-8-6-17(7-9-20)14-18-10-12-26(13-11-18)23(28)21-5-3-4-19(15-21)16-24/h3-9,15,18H,10-14H2,1-2H3. The second-order valence-electron chi connectivity index (χ2n) is 7.53. The van der Waals surface area contributed by atoms with E-state index in [1.165, 1.54) is 5.56 Å². The smallest absolute Gasteiger partial charge is 0.253 e. The second kappa shape index (κ2) is 8.71. The number of carbonyl (C=O) groups is 2. The Kier molecular flexibility index (Phi) is 6.10. The molecule has 2 aromatic carbocycles. The van der Waals surface area contributed by atoms with Gasteiger partial charge in [-0.15, -0.1) is 0 Å². The topological polar surface area (TPSA) is 64.4 Å². The molecule has 3 rings (SSSR count). The van der Waals surface area contributed by atoms with Gasteiger partial charge in [0.25, 0.3) is 11.8 Å². The average molecular weight is 375 g/mol. The first kappa shape index (κ1) is 19.6. The zero-order valence-electron chi connectivity index (χ0n) is 16.4. The van der Waals surface area contributed by atoms with Crippen LogP contribution in [0.25, 0.3) is 0 Å². The summed E-state index contributed by atoms with van der Waals surface area (Å²) in [5.74, 6) is 0.547. The Labute approximate surface area is 166 Å². The molecule has 0 atom stereocenters. The maximum Gasteiger partial charge on any atom is 0.253 e. The summed E-state index contributed by atoms with van der Waals surface area (Å²) in [6, 6.07) is 16.8. The Morgan fingerprint density at radius 2 is 1.75 bits per heavy atom. The number of hydrogen-bond donors (Lipinski definition) is 0. The van der Waals surface area contributed by atoms with Gasteiger partial charge in [0, 0.05) is 38.3 Å². The maximum atomic E-state index is 12.7. The monoisotopic (exact) mass is 375 g/mol. The molecule has 0 radical (unpaired) electrons. The zero-order valence-corrected chi connectivity index (χ0v) is 16.4. The molecular weight excluding hydrogens is 350 g/mol. The third kappa shape index (κ3) is 4.58. The van der Waals surface area contributed by atoms with E-state index < -0.39 is 0 Å². The zero-order chi connectivity index (χ0) is 20.1. The molecule has 0 spiro atoms. The van der Waals surface area contributed by atoms with E-state index in [-0.39, 0.29) is 11.8 Å². The first-order valence-corrected chi connectivity index (χ1v) is 9.58. The first-order chi connectivity index (χ1) is 13.5. The van der Waals surface area contributed by atoms with Gasteiger partial charge in [-0.05, 0) is 61.1 Å². The fourth-order valence-electron chi connectivity index (χ4n) is 3.62. The largest absolute Gasteiger partial charge is 0.345 e. The van der Waals surface area contributed by atoms with Crippen LogP contribution in [0.15, 0.2) is 48.5 Å². The summed E-state index contributed by atoms with van der Waals surface area (Å²) >= 11 is 0. The van der Waals surface area contributed by atoms with Crippen molar-refractivity contribution in [2.45, 2.75) is 19.3 Å². The molecule has 0 aromatic heterocycles. The van der Waals surface area contributed by atoms with Crippen molar-refractivity contribution in [2.24, 2.45) is 5.92 Å². The highest BCUT2D eigenvalue weighted by atomic mass is 16.2. The van der Waals surface area contributed by atoms with Crippen molar-refractivity contribution in [2.75, 3.05) is 27.2 Å². The first-order valence-electron chi connectivity index (χ1n) is 9.58. The Morgan fingerprint density at radius 3 is 2.36 bits per heavy atom. The van der Waals surface area contributed by atoms with Gasteiger partial charge in [-0.2, -0.15) is 5.26 Å². The average Bonchev–Trinajstić information content (AvgIpc) is 2.73. The van der Waals surface area contributed by atoms with Gasteiger partial charge in [-0.1, -0.05) is 18.2 Å². The van der Waals surface area contributed by atoms with Crippen LogP contribution in [-0.4, -0.2) is 48.8 Å². The number of nitriles is 1. The highest BCUT2D eigenvalue weighted by Gasteiger charge is 2.24. The lowest BCUT2D eigenvalue weighted by atomic mass is 9.89. The summed E-state index contributed by atoms with van der Waals surface area (Å²) in [4.78, 5) is 28.1. The van der Waals surface area contributed by atoms with E-state index in [1.54, 1.807) is 43.3 Å². The van der Waals surface area contributed by atoms with Crippen molar-refractivity contribution in [3.05, 3.63) is 70.8 Å². The molecule has 0 unspecified atom stereocenters. The summed E-state index contributed by atoms with van der Waals surface area (Å²) < 4.78 is 0. The molecule has 2 aromatic rings. The number of amides is 2. The molecule has 1 heterocycles. The third-order valence-corrected chi connectivity index (χ3v) is 5.27. The molecule has 0 aliphatic carbocycles. The van der Waals surface area contributed by atoms with Crippen LogP contribution in [0.4, 0.5) is 0 Å². The van der Waals surface area contributed by atoms with Crippen molar-refractivity contribution < 1.29 is 9.59 Å². The summed E-state index contributed by atoms with van der Waals surface area (Å²) in [5.41, 5.74) is 3.02. The lowest BCUT2D eigenvalue weighted by molar-refractivity contribution is 0.0690. The second-order valence-corrected chi connectivity index (χ2v) is 7.53. The highest BCUT2D eigenvalue weighted by Crippen LogP contribution is 2.23. The molecular formula is C23H25N3O2. The number of benzene rings is 2. The summed E-state index contributed by atoms with van der Waals surface area (Å²) in [7, 11) is 3.50. The van der Waals surface area contributed by atoms with Crippen molar-refractivity contribution in [1.82, 2.24) is 9.80 Å². The third-order valence-electron chi connectivity index (χ3n) is 5.27. The van der Waals surface area contributed by atoms with E-state index in [0.717, 1.165) is 32.4 Å². The van der Waals surface area contributed by atoms with Gasteiger partial charge in [0.15, 0.2) is 0 Å². The lowest BCUT2D eigenvalue weighted by Gasteiger charge is -2.32. The van der Waals surface area contributed by atoms with Crippen LogP contribution < -0.4 is 0 Å². The SMILES string of the molecule is CN(C)C(=O)c1ccc(CC2CCN(C(=O)c3cccc(C#N)c3)CC2)cc1. The van der Waals surface area contributed by atoms with E-state index in [9.17, 15) is 9.59 Å². The fourth-order valence-corrected chi connectivity index (χ4v) is 3.62. The molecule has 2 amide bonds. The fraction of sp³-hybridized carbons (Fsp3) is 0.348. The van der Waals surface area contributed by atoms with Crippen LogP contribution >= 0.6 is 0 Å². The predicted molar refractivity (Wildman–Crippen MR) is 108 cm³/mol. The van der Waals surface area contributed by atoms with Crippen LogP contribution in [0, 0.1) is 17.2 Å². The Balaban J connectivity index is 1.54. The number of likely N-dealkylation sites (tertiary alicyclic amines) is 1. The van der Waals surface area contributed by atoms with Gasteiger partial charge < -0.3 is 9.80 Å². The molecule has 0 bridgehead atoms. The number of rotatable bonds is 4. The highest BCUT2D eigenvalue weighted by molar-refractivity contribution is 5.94. The number of carbonyl (C=O) groups excluding carboxylic acids is 2. The minimum absolute atomic E-state index is 0.00195. The van der Waals surface area contributed by atoms with E-state index in [2.05, 4.69) is 6.07 Å². The van der Waals surface area contributed by atoms with Gasteiger partial charge in [0.2, 0.25) is 0 Å². The molecule has 144 valence electrons. The molecule has 1 aliphatic heterocycles. The van der Waals surface area contributed by atoms with Gasteiger partial charge in [-0.25, -0.2) is 0 Å². The van der Waals surface area contributed by atoms with Crippen LogP contribution in [-0.2, 0) is 6.42 Å². The van der Waals surface area contributed by atoms with E-state index in [0.29, 0.717) is 22.6 Å². The maximum absolute atomic E-state index is 12.7. The van der Waals surface area contributed by atoms with Crippen molar-refractivity contribution >= 4 is 11.8 Å². The van der Waals surface area contributed by atoms with Crippen molar-refractivity contribution in [3.8, 4) is 6.07 Å². The van der Waals surface area contributed by atoms with E-state index >= 15 is 0 Å². The van der Waals surface area contributed by atoms with Crippen LogP contribution in [0.3, 0.4) is 0 Å². The number of nitrogens with zero attached hydrogens (tertiary/aromatic N) is 3. The van der Waals surface area contributed by atoms with Crippen molar-refractivity contribution in [1.29, 1.82) is 5.26 Å². The molecule has 0 N–H and O–H groups in total. The Bertz CT molecular complexity index is 889. The lowest BCUT2D eigenvalue weighted by Crippen LogP contribution is -2.38. The molecule has 1 saturated heterocycles. The number of hydrogen-bond acceptors (Lipinski definition) is 3. The molecule has 0 saturated carbocycles. The van der Waals surface area contributed by atoms with Crippen LogP contribution in [0.1, 0.15) is 44.7 Å². The summed E-state index contributed by atoms with van der Waals surface area (Å²) in [6.45, 7) is 1.47. The van der Waals surface area contributed by atoms with Crippen LogP contribution in [0.5, 0.6) is 0 Å². The molecule has 5 nitrogen and oxygen atoms in total. The van der Waals surface area contributed by atoms with Crippen LogP contribution in [0.2, 0.25) is 0 Å². The van der Waals surface area contributed by atoms with Gasteiger partial charge in [0.05, 0.1) is 11.6 Å². The molecule has 5 heteroatoms. The summed E-state index contributed by atoms with van der Waals surface area (Å²) in [6.07, 6.45) is 2.88. The van der Waals surface area contributed by atoms with Gasteiger partial charge in [-0.3, -0.25) is 9.59 Å². The normalized spacial score (nSPS) is 14.4. The Morgan fingerprint density at radius 1 is 1.07 bits per heavy atom. The molecule has 1 aliphatic rings. The minimum atomic E-state index is 0.00195. The van der Waals surface area contributed by atoms with Crippen molar-refractivity contribution in [3.63, 3.8) is 0 Å². The number of piperidine rings is 1. The quantitative estimate of drug-likeness (QED) is 0.823. The van der Waals surface area contributed by atoms with E-state index in [4.69, 9.17) is 5.26 Å². The molecule has 28 heavy (non-hydrogen) atoms. The minimum Gasteiger partial charge on any atom is -0.345 e. The predicted octanol–water partition coefficient (Wildman–Crippen LogP) is 3.35. The Hall–Kier alpha value is -3.13. The summed E-state index contributed by atoms with van der Waals surface area (Å²) in [5, 5.41) is 9.01. The molecule has 1 fully saturated rings. The van der Waals surface area contributed by atoms with Gasteiger partial charge >= 0.3 is 0 Å². The van der Waals surface area contributed by atoms with E-state index in [1.807, 2.05) is 29.2 Å². The van der Waals surface area contributed by atoms with Gasteiger partial charge in [0.1, 0.15) is 0 Å².